The van der Waals surface area contributed by atoms with Crippen molar-refractivity contribution in [3.05, 3.63) is 35.1 Å². The number of aliphatic hydroxyl groups is 1. The van der Waals surface area contributed by atoms with Crippen LogP contribution in [0.1, 0.15) is 33.1 Å². The maximum Gasteiger partial charge on any atom is 0.342 e. The van der Waals surface area contributed by atoms with Crippen LogP contribution in [-0.4, -0.2) is 74.7 Å². The smallest absolute Gasteiger partial charge is 0.342 e. The van der Waals surface area contributed by atoms with Gasteiger partial charge in [-0.1, -0.05) is 6.58 Å². The van der Waals surface area contributed by atoms with Crippen molar-refractivity contribution >= 4 is 11.9 Å². The van der Waals surface area contributed by atoms with Gasteiger partial charge in [0.25, 0.3) is 0 Å². The van der Waals surface area contributed by atoms with Gasteiger partial charge in [-0.25, -0.2) is 9.59 Å². The number of esters is 2. The van der Waals surface area contributed by atoms with E-state index in [1.807, 2.05) is 6.92 Å². The van der Waals surface area contributed by atoms with E-state index in [4.69, 9.17) is 28.4 Å². The number of hydrogen-bond acceptors (Lipinski definition) is 9. The number of methoxy groups -OCH3 is 3. The van der Waals surface area contributed by atoms with Gasteiger partial charge in [-0.2, -0.15) is 0 Å². The van der Waals surface area contributed by atoms with Crippen molar-refractivity contribution in [3.8, 4) is 0 Å². The predicted molar refractivity (Wildman–Crippen MR) is 108 cm³/mol. The van der Waals surface area contributed by atoms with Crippen molar-refractivity contribution in [1.29, 1.82) is 0 Å². The fourth-order valence-corrected chi connectivity index (χ4v) is 4.39. The summed E-state index contributed by atoms with van der Waals surface area (Å²) in [6, 6.07) is 0. The van der Waals surface area contributed by atoms with Crippen LogP contribution in [0.25, 0.3) is 0 Å². The zero-order valence-electron chi connectivity index (χ0n) is 18.6. The molecule has 1 N–H and O–H groups in total. The van der Waals surface area contributed by atoms with Crippen LogP contribution in [0.4, 0.5) is 0 Å². The van der Waals surface area contributed by atoms with E-state index in [9.17, 15) is 14.7 Å². The van der Waals surface area contributed by atoms with E-state index in [-0.39, 0.29) is 36.5 Å². The molecule has 0 aromatic rings. The van der Waals surface area contributed by atoms with Crippen LogP contribution in [-0.2, 0) is 38.0 Å². The molecule has 2 bridgehead atoms. The maximum absolute atomic E-state index is 12.7. The van der Waals surface area contributed by atoms with Gasteiger partial charge in [0.15, 0.2) is 5.79 Å². The summed E-state index contributed by atoms with van der Waals surface area (Å²) in [5, 5.41) is 11.5. The molecule has 0 aromatic carbocycles. The summed E-state index contributed by atoms with van der Waals surface area (Å²) in [6.07, 6.45) is 1.44. The third-order valence-electron chi connectivity index (χ3n) is 6.02. The summed E-state index contributed by atoms with van der Waals surface area (Å²) < 4.78 is 33.3. The molecule has 3 heterocycles. The Balaban J connectivity index is 2.14. The molecule has 1 fully saturated rings. The second-order valence-electron chi connectivity index (χ2n) is 8.50. The first-order valence-corrected chi connectivity index (χ1v) is 10.0. The normalized spacial score (nSPS) is 36.6. The molecule has 9 nitrogen and oxygen atoms in total. The fourth-order valence-electron chi connectivity index (χ4n) is 4.39. The lowest BCUT2D eigenvalue weighted by Crippen LogP contribution is -2.56. The van der Waals surface area contributed by atoms with Gasteiger partial charge in [0.1, 0.15) is 17.5 Å². The van der Waals surface area contributed by atoms with E-state index >= 15 is 0 Å². The molecule has 0 spiro atoms. The number of rotatable bonds is 7. The molecule has 3 aliphatic heterocycles. The lowest BCUT2D eigenvalue weighted by molar-refractivity contribution is -0.310. The molecule has 1 saturated heterocycles. The molecule has 31 heavy (non-hydrogen) atoms. The Bertz CT molecular complexity index is 840. The molecule has 3 aliphatic rings. The average Bonchev–Trinajstić information content (AvgIpc) is 3.19. The third kappa shape index (κ3) is 4.20. The van der Waals surface area contributed by atoms with Gasteiger partial charge < -0.3 is 33.5 Å². The number of fused-ring (bicyclic) bond motifs is 3. The minimum absolute atomic E-state index is 0.0206. The SMILES string of the molecule is C=C(COC)C(=O)O[C@H]1C[C@@](C)(O)[C@]2(OC)CC[C@](C)(/C=C3/OC(=O)C(COC)=C31)O2. The standard InChI is InChI=1S/C22H30O9/c1-13(11-26-4)18(23)29-16-10-21(3,25)22(28-6)8-7-20(2,31-22)9-15-17(16)14(12-27-5)19(24)30-15/h9,16,25H,1,7-8,10-12H2,2-6H3/b15-9+/t16-,20+,21+,22-/m0/s1. The molecule has 0 unspecified atom stereocenters. The molecule has 172 valence electrons. The second-order valence-corrected chi connectivity index (χ2v) is 8.50. The fraction of sp³-hybridized carbons (Fsp3) is 0.636. The zero-order valence-corrected chi connectivity index (χ0v) is 18.6. The van der Waals surface area contributed by atoms with E-state index in [0.717, 1.165) is 0 Å². The van der Waals surface area contributed by atoms with Crippen LogP contribution in [0.3, 0.4) is 0 Å². The maximum atomic E-state index is 12.7. The Hall–Kier alpha value is -2.04. The highest BCUT2D eigenvalue weighted by Gasteiger charge is 2.60. The van der Waals surface area contributed by atoms with Crippen LogP contribution in [0.15, 0.2) is 35.1 Å². The third-order valence-corrected chi connectivity index (χ3v) is 6.02. The highest BCUT2D eigenvalue weighted by molar-refractivity contribution is 5.95. The molecule has 0 amide bonds. The molecule has 0 radical (unpaired) electrons. The summed E-state index contributed by atoms with van der Waals surface area (Å²) in [7, 11) is 4.34. The van der Waals surface area contributed by atoms with E-state index in [2.05, 4.69) is 6.58 Å². The van der Waals surface area contributed by atoms with Gasteiger partial charge >= 0.3 is 11.9 Å². The first-order valence-electron chi connectivity index (χ1n) is 10.0. The van der Waals surface area contributed by atoms with Crippen LogP contribution in [0, 0.1) is 0 Å². The molecule has 0 aliphatic carbocycles. The monoisotopic (exact) mass is 438 g/mol. The molecule has 0 aromatic heterocycles. The minimum Gasteiger partial charge on any atom is -0.454 e. The zero-order chi connectivity index (χ0) is 23.0. The quantitative estimate of drug-likeness (QED) is 0.468. The van der Waals surface area contributed by atoms with Crippen molar-refractivity contribution in [1.82, 2.24) is 0 Å². The number of carbonyl (C=O) groups excluding carboxylic acids is 2. The Kier molecular flexibility index (Phi) is 6.46. The summed E-state index contributed by atoms with van der Waals surface area (Å²) in [4.78, 5) is 25.3. The molecular weight excluding hydrogens is 408 g/mol. The van der Waals surface area contributed by atoms with Crippen molar-refractivity contribution in [2.45, 2.75) is 56.2 Å². The highest BCUT2D eigenvalue weighted by Crippen LogP contribution is 2.50. The first kappa shape index (κ1) is 23.6. The van der Waals surface area contributed by atoms with E-state index in [0.29, 0.717) is 18.4 Å². The van der Waals surface area contributed by atoms with E-state index < -0.39 is 35.0 Å². The Morgan fingerprint density at radius 2 is 1.97 bits per heavy atom. The van der Waals surface area contributed by atoms with Crippen LogP contribution >= 0.6 is 0 Å². The van der Waals surface area contributed by atoms with Crippen molar-refractivity contribution < 1.29 is 43.1 Å². The molecule has 0 saturated carbocycles. The Morgan fingerprint density at radius 1 is 1.26 bits per heavy atom. The highest BCUT2D eigenvalue weighted by atomic mass is 16.7. The van der Waals surface area contributed by atoms with Crippen LogP contribution < -0.4 is 0 Å². The van der Waals surface area contributed by atoms with Gasteiger partial charge in [0.2, 0.25) is 0 Å². The van der Waals surface area contributed by atoms with Crippen molar-refractivity contribution in [2.75, 3.05) is 34.5 Å². The molecule has 9 heteroatoms. The number of ether oxygens (including phenoxy) is 6. The van der Waals surface area contributed by atoms with E-state index in [1.54, 1.807) is 13.0 Å². The summed E-state index contributed by atoms with van der Waals surface area (Å²) >= 11 is 0. The number of carbonyl (C=O) groups is 2. The van der Waals surface area contributed by atoms with Gasteiger partial charge in [0.05, 0.1) is 30.0 Å². The van der Waals surface area contributed by atoms with Crippen LogP contribution in [0.2, 0.25) is 0 Å². The van der Waals surface area contributed by atoms with Crippen molar-refractivity contribution in [2.24, 2.45) is 0 Å². The van der Waals surface area contributed by atoms with Gasteiger partial charge in [0, 0.05) is 39.7 Å². The lowest BCUT2D eigenvalue weighted by atomic mass is 9.82. The largest absolute Gasteiger partial charge is 0.454 e. The topological polar surface area (TPSA) is 110 Å². The molecule has 4 atom stereocenters. The molecular formula is C22H30O9. The van der Waals surface area contributed by atoms with Gasteiger partial charge in [-0.15, -0.1) is 0 Å². The van der Waals surface area contributed by atoms with E-state index in [1.165, 1.54) is 21.3 Å². The Morgan fingerprint density at radius 3 is 2.58 bits per heavy atom. The number of hydrogen-bond donors (Lipinski definition) is 1. The Labute approximate surface area is 181 Å². The lowest BCUT2D eigenvalue weighted by Gasteiger charge is -2.42. The average molecular weight is 438 g/mol. The van der Waals surface area contributed by atoms with Crippen LogP contribution in [0.5, 0.6) is 0 Å². The summed E-state index contributed by atoms with van der Waals surface area (Å²) in [5.74, 6) is -2.43. The summed E-state index contributed by atoms with van der Waals surface area (Å²) in [6.45, 7) is 6.99. The minimum atomic E-state index is -1.58. The summed E-state index contributed by atoms with van der Waals surface area (Å²) in [5.41, 5.74) is -1.80. The predicted octanol–water partition coefficient (Wildman–Crippen LogP) is 1.55. The second kappa shape index (κ2) is 8.48. The van der Waals surface area contributed by atoms with Gasteiger partial charge in [-0.3, -0.25) is 0 Å². The first-order chi connectivity index (χ1) is 14.5. The molecule has 3 rings (SSSR count). The van der Waals surface area contributed by atoms with Crippen molar-refractivity contribution in [3.63, 3.8) is 0 Å². The van der Waals surface area contributed by atoms with Gasteiger partial charge in [-0.05, 0) is 26.3 Å².